The van der Waals surface area contributed by atoms with E-state index in [-0.39, 0.29) is 0 Å². The third kappa shape index (κ3) is 5.17. The van der Waals surface area contributed by atoms with Crippen LogP contribution < -0.4 is 0 Å². The SMILES string of the molecule is CC=C(Cl)C(C=CC(C)C)=C(C)Cl. The van der Waals surface area contributed by atoms with Crippen molar-refractivity contribution in [1.29, 1.82) is 0 Å². The fourth-order valence-corrected chi connectivity index (χ4v) is 1.22. The van der Waals surface area contributed by atoms with Gasteiger partial charge < -0.3 is 0 Å². The van der Waals surface area contributed by atoms with Gasteiger partial charge in [-0.2, -0.15) is 0 Å². The Balaban J connectivity index is 4.78. The Morgan fingerprint density at radius 3 is 2.08 bits per heavy atom. The molecule has 0 heterocycles. The molecule has 0 aromatic carbocycles. The molecule has 0 amide bonds. The van der Waals surface area contributed by atoms with Crippen LogP contribution in [-0.4, -0.2) is 0 Å². The maximum atomic E-state index is 5.98. The van der Waals surface area contributed by atoms with Gasteiger partial charge in [0.2, 0.25) is 0 Å². The summed E-state index contributed by atoms with van der Waals surface area (Å²) >= 11 is 11.9. The van der Waals surface area contributed by atoms with Gasteiger partial charge in [0, 0.05) is 15.6 Å². The van der Waals surface area contributed by atoms with Crippen LogP contribution in [-0.2, 0) is 0 Å². The van der Waals surface area contributed by atoms with Crippen molar-refractivity contribution in [3.63, 3.8) is 0 Å². The van der Waals surface area contributed by atoms with Gasteiger partial charge in [-0.15, -0.1) is 0 Å². The van der Waals surface area contributed by atoms with Crippen molar-refractivity contribution >= 4 is 23.2 Å². The van der Waals surface area contributed by atoms with Gasteiger partial charge in [-0.05, 0) is 19.8 Å². The van der Waals surface area contributed by atoms with Crippen molar-refractivity contribution in [1.82, 2.24) is 0 Å². The van der Waals surface area contributed by atoms with Crippen LogP contribution in [0, 0.1) is 5.92 Å². The lowest BCUT2D eigenvalue weighted by Crippen LogP contribution is -1.84. The quantitative estimate of drug-likeness (QED) is 0.595. The average molecular weight is 219 g/mol. The lowest BCUT2D eigenvalue weighted by molar-refractivity contribution is 0.831. The molecule has 0 radical (unpaired) electrons. The lowest BCUT2D eigenvalue weighted by Gasteiger charge is -2.02. The van der Waals surface area contributed by atoms with Crippen LogP contribution in [0.15, 0.2) is 33.9 Å². The van der Waals surface area contributed by atoms with Crippen LogP contribution in [0.3, 0.4) is 0 Å². The second-order valence-electron chi connectivity index (χ2n) is 3.19. The van der Waals surface area contributed by atoms with E-state index in [1.807, 2.05) is 26.0 Å². The predicted octanol–water partition coefficient (Wildman–Crippen LogP) is 4.85. The second-order valence-corrected chi connectivity index (χ2v) is 4.16. The van der Waals surface area contributed by atoms with Crippen LogP contribution >= 0.6 is 23.2 Å². The van der Waals surface area contributed by atoms with Gasteiger partial charge >= 0.3 is 0 Å². The highest BCUT2D eigenvalue weighted by Crippen LogP contribution is 2.22. The highest BCUT2D eigenvalue weighted by atomic mass is 35.5. The zero-order valence-corrected chi connectivity index (χ0v) is 10.1. The van der Waals surface area contributed by atoms with Gasteiger partial charge in [0.15, 0.2) is 0 Å². The second kappa shape index (κ2) is 6.28. The summed E-state index contributed by atoms with van der Waals surface area (Å²) in [4.78, 5) is 0. The number of halogens is 2. The van der Waals surface area contributed by atoms with Gasteiger partial charge in [-0.3, -0.25) is 0 Å². The summed E-state index contributed by atoms with van der Waals surface area (Å²) in [6.07, 6.45) is 5.88. The van der Waals surface area contributed by atoms with Crippen LogP contribution in [0.4, 0.5) is 0 Å². The van der Waals surface area contributed by atoms with E-state index in [0.717, 1.165) is 10.6 Å². The fraction of sp³-hybridized carbons (Fsp3) is 0.455. The Morgan fingerprint density at radius 1 is 1.23 bits per heavy atom. The smallest absolute Gasteiger partial charge is 0.0447 e. The summed E-state index contributed by atoms with van der Waals surface area (Å²) in [5.41, 5.74) is 0.902. The Kier molecular flexibility index (Phi) is 6.19. The fourth-order valence-electron chi connectivity index (χ4n) is 0.803. The summed E-state index contributed by atoms with van der Waals surface area (Å²) in [5, 5.41) is 1.42. The van der Waals surface area contributed by atoms with E-state index in [4.69, 9.17) is 23.2 Å². The summed E-state index contributed by atoms with van der Waals surface area (Å²) < 4.78 is 0. The maximum Gasteiger partial charge on any atom is 0.0447 e. The molecule has 0 saturated heterocycles. The van der Waals surface area contributed by atoms with E-state index < -0.39 is 0 Å². The number of rotatable bonds is 3. The van der Waals surface area contributed by atoms with Crippen molar-refractivity contribution in [3.8, 4) is 0 Å². The Hall–Kier alpha value is -0.200. The molecule has 0 nitrogen and oxygen atoms in total. The molecule has 0 bridgehead atoms. The van der Waals surface area contributed by atoms with E-state index in [1.165, 1.54) is 0 Å². The third-order valence-electron chi connectivity index (χ3n) is 1.53. The summed E-state index contributed by atoms with van der Waals surface area (Å²) in [6.45, 7) is 7.96. The van der Waals surface area contributed by atoms with Crippen molar-refractivity contribution in [3.05, 3.63) is 33.9 Å². The maximum absolute atomic E-state index is 5.98. The molecule has 13 heavy (non-hydrogen) atoms. The standard InChI is InChI=1S/C11H16Cl2/c1-5-11(13)10(9(4)12)7-6-8(2)3/h5-8H,1-4H3. The van der Waals surface area contributed by atoms with Gasteiger partial charge in [0.1, 0.15) is 0 Å². The molecule has 0 aliphatic carbocycles. The molecule has 0 aromatic heterocycles. The first-order valence-corrected chi connectivity index (χ1v) is 5.11. The minimum absolute atomic E-state index is 0.507. The molecular weight excluding hydrogens is 203 g/mol. The molecule has 0 fully saturated rings. The molecule has 0 aliphatic heterocycles. The predicted molar refractivity (Wildman–Crippen MR) is 62.1 cm³/mol. The van der Waals surface area contributed by atoms with Gasteiger partial charge in [-0.1, -0.05) is 55.3 Å². The van der Waals surface area contributed by atoms with Crippen LogP contribution in [0.2, 0.25) is 0 Å². The Bertz CT molecular complexity index is 241. The molecule has 0 unspecified atom stereocenters. The molecule has 74 valence electrons. The van der Waals surface area contributed by atoms with Crippen molar-refractivity contribution in [2.75, 3.05) is 0 Å². The third-order valence-corrected chi connectivity index (χ3v) is 2.16. The molecule has 0 spiro atoms. The van der Waals surface area contributed by atoms with Crippen LogP contribution in [0.25, 0.3) is 0 Å². The monoisotopic (exact) mass is 218 g/mol. The first-order chi connectivity index (χ1) is 5.99. The highest BCUT2D eigenvalue weighted by Gasteiger charge is 2.00. The molecule has 0 aliphatic rings. The molecule has 0 saturated carbocycles. The van der Waals surface area contributed by atoms with Crippen molar-refractivity contribution in [2.24, 2.45) is 5.92 Å². The molecule has 0 atom stereocenters. The molecule has 2 heteroatoms. The average Bonchev–Trinajstić information content (AvgIpc) is 2.03. The zero-order chi connectivity index (χ0) is 10.4. The largest absolute Gasteiger partial charge is 0.0888 e. The summed E-state index contributed by atoms with van der Waals surface area (Å²) in [5.74, 6) is 0.507. The van der Waals surface area contributed by atoms with Gasteiger partial charge in [-0.25, -0.2) is 0 Å². The van der Waals surface area contributed by atoms with E-state index in [2.05, 4.69) is 19.9 Å². The van der Waals surface area contributed by atoms with Crippen molar-refractivity contribution in [2.45, 2.75) is 27.7 Å². The minimum atomic E-state index is 0.507. The highest BCUT2D eigenvalue weighted by molar-refractivity contribution is 6.35. The van der Waals surface area contributed by atoms with E-state index in [0.29, 0.717) is 11.0 Å². The zero-order valence-electron chi connectivity index (χ0n) is 8.57. The first kappa shape index (κ1) is 12.8. The minimum Gasteiger partial charge on any atom is -0.0888 e. The van der Waals surface area contributed by atoms with E-state index >= 15 is 0 Å². The van der Waals surface area contributed by atoms with Gasteiger partial charge in [0.05, 0.1) is 0 Å². The Morgan fingerprint density at radius 2 is 1.77 bits per heavy atom. The number of hydrogen-bond donors (Lipinski definition) is 0. The molecule has 0 aromatic rings. The topological polar surface area (TPSA) is 0 Å². The summed E-state index contributed by atoms with van der Waals surface area (Å²) in [7, 11) is 0. The lowest BCUT2D eigenvalue weighted by atomic mass is 10.1. The number of allylic oxidation sites excluding steroid dienone is 6. The van der Waals surface area contributed by atoms with Gasteiger partial charge in [0.25, 0.3) is 0 Å². The first-order valence-electron chi connectivity index (χ1n) is 4.35. The normalized spacial score (nSPS) is 15.5. The van der Waals surface area contributed by atoms with Crippen LogP contribution in [0.5, 0.6) is 0 Å². The number of hydrogen-bond acceptors (Lipinski definition) is 0. The van der Waals surface area contributed by atoms with Crippen molar-refractivity contribution < 1.29 is 0 Å². The van der Waals surface area contributed by atoms with Crippen LogP contribution in [0.1, 0.15) is 27.7 Å². The molecule has 0 rings (SSSR count). The summed E-state index contributed by atoms with van der Waals surface area (Å²) in [6, 6.07) is 0. The molecular formula is C11H16Cl2. The van der Waals surface area contributed by atoms with E-state index in [1.54, 1.807) is 0 Å². The molecule has 0 N–H and O–H groups in total. The van der Waals surface area contributed by atoms with E-state index in [9.17, 15) is 0 Å². The Labute approximate surface area is 90.9 Å².